The third-order valence-electron chi connectivity index (χ3n) is 3.43. The molecule has 0 aromatic heterocycles. The van der Waals surface area contributed by atoms with E-state index in [1.165, 1.54) is 0 Å². The quantitative estimate of drug-likeness (QED) is 0.630. The van der Waals surface area contributed by atoms with Crippen molar-refractivity contribution in [3.63, 3.8) is 0 Å². The maximum atomic E-state index is 11.8. The van der Waals surface area contributed by atoms with E-state index in [0.29, 0.717) is 11.4 Å². The van der Waals surface area contributed by atoms with Gasteiger partial charge in [0.15, 0.2) is 0 Å². The maximum absolute atomic E-state index is 11.8. The predicted octanol–water partition coefficient (Wildman–Crippen LogP) is 3.76. The SMILES string of the molecule is CCCN(CC)CCNc1cc(NC(=O)OC(C)(C)C)ccc1N. The number of anilines is 3. The average Bonchev–Trinajstić information content (AvgIpc) is 2.47. The van der Waals surface area contributed by atoms with Crippen molar-refractivity contribution in [1.29, 1.82) is 0 Å². The van der Waals surface area contributed by atoms with Gasteiger partial charge < -0.3 is 20.7 Å². The van der Waals surface area contributed by atoms with Gasteiger partial charge in [0.1, 0.15) is 5.60 Å². The zero-order chi connectivity index (χ0) is 18.2. The van der Waals surface area contributed by atoms with Crippen molar-refractivity contribution in [1.82, 2.24) is 4.90 Å². The lowest BCUT2D eigenvalue weighted by atomic mass is 10.2. The van der Waals surface area contributed by atoms with Gasteiger partial charge in [0.05, 0.1) is 11.4 Å². The molecule has 0 aliphatic carbocycles. The van der Waals surface area contributed by atoms with Gasteiger partial charge in [-0.15, -0.1) is 0 Å². The number of hydrogen-bond acceptors (Lipinski definition) is 5. The van der Waals surface area contributed by atoms with Crippen LogP contribution in [0.15, 0.2) is 18.2 Å². The minimum atomic E-state index is -0.526. The summed E-state index contributed by atoms with van der Waals surface area (Å²) in [5, 5.41) is 6.07. The Bertz CT molecular complexity index is 526. The van der Waals surface area contributed by atoms with Gasteiger partial charge in [0.2, 0.25) is 0 Å². The Morgan fingerprint density at radius 3 is 2.54 bits per heavy atom. The van der Waals surface area contributed by atoms with Crippen molar-refractivity contribution in [3.05, 3.63) is 18.2 Å². The molecule has 0 aliphatic rings. The molecule has 1 rings (SSSR count). The summed E-state index contributed by atoms with van der Waals surface area (Å²) in [6.07, 6.45) is 0.670. The minimum absolute atomic E-state index is 0.474. The van der Waals surface area contributed by atoms with E-state index in [4.69, 9.17) is 10.5 Å². The van der Waals surface area contributed by atoms with Crippen molar-refractivity contribution in [3.8, 4) is 0 Å². The van der Waals surface area contributed by atoms with Crippen LogP contribution in [0.4, 0.5) is 21.9 Å². The standard InChI is InChI=1S/C18H32N4O2/c1-6-11-22(7-2)12-10-20-16-13-14(8-9-15(16)19)21-17(23)24-18(3,4)5/h8-9,13,20H,6-7,10-12,19H2,1-5H3,(H,21,23). The summed E-state index contributed by atoms with van der Waals surface area (Å²) in [7, 11) is 0. The first-order chi connectivity index (χ1) is 11.2. The van der Waals surface area contributed by atoms with E-state index in [9.17, 15) is 4.79 Å². The second kappa shape index (κ2) is 9.37. The highest BCUT2D eigenvalue weighted by Crippen LogP contribution is 2.23. The molecule has 1 aromatic rings. The van der Waals surface area contributed by atoms with Crippen LogP contribution in [0.3, 0.4) is 0 Å². The van der Waals surface area contributed by atoms with Crippen LogP contribution in [-0.4, -0.2) is 42.8 Å². The largest absolute Gasteiger partial charge is 0.444 e. The first-order valence-corrected chi connectivity index (χ1v) is 8.61. The fraction of sp³-hybridized carbons (Fsp3) is 0.611. The molecule has 1 aromatic carbocycles. The van der Waals surface area contributed by atoms with Gasteiger partial charge in [-0.3, -0.25) is 5.32 Å². The Morgan fingerprint density at radius 1 is 1.25 bits per heavy atom. The van der Waals surface area contributed by atoms with Crippen molar-refractivity contribution < 1.29 is 9.53 Å². The molecule has 6 heteroatoms. The number of nitrogens with zero attached hydrogens (tertiary/aromatic N) is 1. The summed E-state index contributed by atoms with van der Waals surface area (Å²) < 4.78 is 5.26. The van der Waals surface area contributed by atoms with Crippen LogP contribution in [0.5, 0.6) is 0 Å². The number of hydrogen-bond donors (Lipinski definition) is 3. The highest BCUT2D eigenvalue weighted by Gasteiger charge is 2.16. The smallest absolute Gasteiger partial charge is 0.412 e. The summed E-state index contributed by atoms with van der Waals surface area (Å²) >= 11 is 0. The van der Waals surface area contributed by atoms with Crippen LogP contribution in [-0.2, 0) is 4.74 Å². The second-order valence-corrected chi connectivity index (χ2v) is 6.79. The van der Waals surface area contributed by atoms with Crippen LogP contribution in [0.1, 0.15) is 41.0 Å². The van der Waals surface area contributed by atoms with Crippen molar-refractivity contribution in [2.75, 3.05) is 42.5 Å². The number of amides is 1. The monoisotopic (exact) mass is 336 g/mol. The van der Waals surface area contributed by atoms with Crippen LogP contribution in [0.2, 0.25) is 0 Å². The molecule has 0 radical (unpaired) electrons. The summed E-state index contributed by atoms with van der Waals surface area (Å²) in [6.45, 7) is 13.7. The predicted molar refractivity (Wildman–Crippen MR) is 102 cm³/mol. The average molecular weight is 336 g/mol. The van der Waals surface area contributed by atoms with E-state index in [2.05, 4.69) is 29.4 Å². The molecule has 0 heterocycles. The Kier molecular flexibility index (Phi) is 7.85. The number of ether oxygens (including phenoxy) is 1. The first-order valence-electron chi connectivity index (χ1n) is 8.61. The zero-order valence-corrected chi connectivity index (χ0v) is 15.6. The molecule has 0 unspecified atom stereocenters. The van der Waals surface area contributed by atoms with Gasteiger partial charge in [-0.05, 0) is 58.5 Å². The molecule has 0 fully saturated rings. The third kappa shape index (κ3) is 7.55. The number of rotatable bonds is 8. The molecule has 0 aliphatic heterocycles. The molecule has 24 heavy (non-hydrogen) atoms. The molecular weight excluding hydrogens is 304 g/mol. The number of likely N-dealkylation sites (N-methyl/N-ethyl adjacent to an activating group) is 1. The van der Waals surface area contributed by atoms with Crippen molar-refractivity contribution in [2.24, 2.45) is 0 Å². The van der Waals surface area contributed by atoms with Gasteiger partial charge in [-0.2, -0.15) is 0 Å². The van der Waals surface area contributed by atoms with E-state index in [-0.39, 0.29) is 0 Å². The molecule has 0 bridgehead atoms. The van der Waals surface area contributed by atoms with Crippen LogP contribution < -0.4 is 16.4 Å². The zero-order valence-electron chi connectivity index (χ0n) is 15.6. The number of carbonyl (C=O) groups is 1. The molecule has 0 spiro atoms. The third-order valence-corrected chi connectivity index (χ3v) is 3.43. The molecule has 136 valence electrons. The Morgan fingerprint density at radius 2 is 1.96 bits per heavy atom. The Labute approximate surface area is 145 Å². The Balaban J connectivity index is 2.61. The summed E-state index contributed by atoms with van der Waals surface area (Å²) in [6, 6.07) is 5.37. The highest BCUT2D eigenvalue weighted by atomic mass is 16.6. The summed E-state index contributed by atoms with van der Waals surface area (Å²) in [5.74, 6) is 0. The molecule has 1 amide bonds. The second-order valence-electron chi connectivity index (χ2n) is 6.79. The molecule has 0 saturated carbocycles. The molecule has 0 saturated heterocycles. The van der Waals surface area contributed by atoms with Crippen molar-refractivity contribution >= 4 is 23.2 Å². The maximum Gasteiger partial charge on any atom is 0.412 e. The van der Waals surface area contributed by atoms with Crippen LogP contribution in [0, 0.1) is 0 Å². The first kappa shape index (κ1) is 20.1. The van der Waals surface area contributed by atoms with Crippen LogP contribution >= 0.6 is 0 Å². The van der Waals surface area contributed by atoms with E-state index in [0.717, 1.165) is 38.3 Å². The normalized spacial score (nSPS) is 11.4. The lowest BCUT2D eigenvalue weighted by Gasteiger charge is -2.21. The van der Waals surface area contributed by atoms with E-state index < -0.39 is 11.7 Å². The minimum Gasteiger partial charge on any atom is -0.444 e. The fourth-order valence-corrected chi connectivity index (χ4v) is 2.30. The molecular formula is C18H32N4O2. The van der Waals surface area contributed by atoms with Gasteiger partial charge in [0, 0.05) is 18.8 Å². The fourth-order valence-electron chi connectivity index (χ4n) is 2.30. The van der Waals surface area contributed by atoms with E-state index in [1.54, 1.807) is 12.1 Å². The van der Waals surface area contributed by atoms with Gasteiger partial charge in [-0.1, -0.05) is 13.8 Å². The molecule has 4 N–H and O–H groups in total. The lowest BCUT2D eigenvalue weighted by Crippen LogP contribution is -2.29. The summed E-state index contributed by atoms with van der Waals surface area (Å²) in [5.41, 5.74) is 7.61. The number of nitrogens with one attached hydrogen (secondary N) is 2. The summed E-state index contributed by atoms with van der Waals surface area (Å²) in [4.78, 5) is 14.2. The lowest BCUT2D eigenvalue weighted by molar-refractivity contribution is 0.0636. The molecule has 6 nitrogen and oxygen atoms in total. The number of benzene rings is 1. The van der Waals surface area contributed by atoms with Crippen molar-refractivity contribution in [2.45, 2.75) is 46.6 Å². The number of nitrogens with two attached hydrogens (primary N) is 1. The highest BCUT2D eigenvalue weighted by molar-refractivity contribution is 5.87. The van der Waals surface area contributed by atoms with Crippen LogP contribution in [0.25, 0.3) is 0 Å². The Hall–Kier alpha value is -1.95. The van der Waals surface area contributed by atoms with Gasteiger partial charge >= 0.3 is 6.09 Å². The number of carbonyl (C=O) groups excluding carboxylic acids is 1. The van der Waals surface area contributed by atoms with E-state index in [1.807, 2.05) is 26.8 Å². The number of nitrogen functional groups attached to an aromatic ring is 1. The van der Waals surface area contributed by atoms with Gasteiger partial charge in [0.25, 0.3) is 0 Å². The van der Waals surface area contributed by atoms with E-state index >= 15 is 0 Å². The molecule has 0 atom stereocenters. The van der Waals surface area contributed by atoms with Gasteiger partial charge in [-0.25, -0.2) is 4.79 Å². The topological polar surface area (TPSA) is 79.6 Å².